The van der Waals surface area contributed by atoms with Crippen molar-refractivity contribution in [1.82, 2.24) is 9.54 Å². The summed E-state index contributed by atoms with van der Waals surface area (Å²) < 4.78 is 0.749. The number of hydrazine groups is 1. The van der Waals surface area contributed by atoms with E-state index in [2.05, 4.69) is 0 Å². The van der Waals surface area contributed by atoms with Crippen LogP contribution in [0.1, 0.15) is 41.5 Å². The van der Waals surface area contributed by atoms with Crippen molar-refractivity contribution < 1.29 is 9.59 Å². The van der Waals surface area contributed by atoms with Gasteiger partial charge >= 0.3 is 0 Å². The van der Waals surface area contributed by atoms with E-state index >= 15 is 0 Å². The Morgan fingerprint density at radius 2 is 1.27 bits per heavy atom. The average molecular weight is 434 g/mol. The molecule has 8 heteroatoms. The molecule has 0 heterocycles. The van der Waals surface area contributed by atoms with Gasteiger partial charge in [0.1, 0.15) is 0 Å². The predicted molar refractivity (Wildman–Crippen MR) is 106 cm³/mol. The van der Waals surface area contributed by atoms with Crippen molar-refractivity contribution in [2.45, 2.75) is 26.3 Å². The van der Waals surface area contributed by atoms with Crippen molar-refractivity contribution in [2.24, 2.45) is 0 Å². The number of carbonyl (C=O) groups excluding carboxylic acids is 2. The second-order valence-corrected chi connectivity index (χ2v) is 8.15. The van der Waals surface area contributed by atoms with Crippen molar-refractivity contribution in [2.75, 3.05) is 0 Å². The molecule has 26 heavy (non-hydrogen) atoms. The van der Waals surface area contributed by atoms with Crippen LogP contribution in [0.3, 0.4) is 0 Å². The van der Waals surface area contributed by atoms with Crippen LogP contribution in [0.5, 0.6) is 0 Å². The van der Waals surface area contributed by atoms with E-state index in [9.17, 15) is 9.59 Å². The zero-order chi connectivity index (χ0) is 19.6. The van der Waals surface area contributed by atoms with Crippen LogP contribution in [0, 0.1) is 0 Å². The molecule has 0 unspecified atom stereocenters. The largest absolute Gasteiger partial charge is 0.287 e. The summed E-state index contributed by atoms with van der Waals surface area (Å²) in [7, 11) is 0. The lowest BCUT2D eigenvalue weighted by molar-refractivity contribution is -0.00370. The highest BCUT2D eigenvalue weighted by Gasteiger charge is 2.35. The Morgan fingerprint density at radius 1 is 0.769 bits per heavy atom. The molecule has 0 aromatic heterocycles. The van der Waals surface area contributed by atoms with Gasteiger partial charge in [0, 0.05) is 38.0 Å². The Hall–Kier alpha value is -1.46. The molecule has 0 bridgehead atoms. The predicted octanol–water partition coefficient (Wildman–Crippen LogP) is 6.10. The standard InChI is InChI=1S/C18H16Cl4N2O2/c1-18(2,3)23(16(25)11-4-6-13(19)7-5-11)24(22)17(26)12-8-14(20)10-15(21)9-12/h4-10H,1-3H3. The zero-order valence-electron chi connectivity index (χ0n) is 14.3. The van der Waals surface area contributed by atoms with Crippen LogP contribution in [-0.4, -0.2) is 26.9 Å². The molecule has 2 amide bonds. The average Bonchev–Trinajstić information content (AvgIpc) is 2.52. The van der Waals surface area contributed by atoms with Crippen LogP contribution in [0.2, 0.25) is 15.1 Å². The minimum absolute atomic E-state index is 0.163. The summed E-state index contributed by atoms with van der Waals surface area (Å²) in [4.78, 5) is 25.8. The summed E-state index contributed by atoms with van der Waals surface area (Å²) in [6.07, 6.45) is 0. The molecule has 2 rings (SSSR count). The van der Waals surface area contributed by atoms with Gasteiger partial charge in [-0.05, 0) is 63.2 Å². The maximum atomic E-state index is 13.0. The molecule has 0 aliphatic rings. The topological polar surface area (TPSA) is 40.6 Å². The van der Waals surface area contributed by atoms with E-state index in [0.717, 1.165) is 9.54 Å². The van der Waals surface area contributed by atoms with Crippen LogP contribution in [0.15, 0.2) is 42.5 Å². The van der Waals surface area contributed by atoms with Crippen molar-refractivity contribution in [3.05, 3.63) is 68.7 Å². The first kappa shape index (κ1) is 20.8. The summed E-state index contributed by atoms with van der Waals surface area (Å²) in [5.41, 5.74) is -0.279. The van der Waals surface area contributed by atoms with Gasteiger partial charge in [0.25, 0.3) is 11.8 Å². The second kappa shape index (κ2) is 8.05. The number of hydrogen-bond acceptors (Lipinski definition) is 2. The number of nitrogens with zero attached hydrogens (tertiary/aromatic N) is 2. The third-order valence-corrected chi connectivity index (χ3v) is 4.36. The summed E-state index contributed by atoms with van der Waals surface area (Å²) in [5, 5.41) is 2.24. The number of benzene rings is 2. The first-order valence-electron chi connectivity index (χ1n) is 7.57. The van der Waals surface area contributed by atoms with Gasteiger partial charge in [-0.3, -0.25) is 9.59 Å². The van der Waals surface area contributed by atoms with Crippen molar-refractivity contribution in [3.63, 3.8) is 0 Å². The van der Waals surface area contributed by atoms with Crippen LogP contribution in [0.25, 0.3) is 0 Å². The SMILES string of the molecule is CC(C)(C)N(C(=O)c1ccc(Cl)cc1)N(Cl)C(=O)c1cc(Cl)cc(Cl)c1. The van der Waals surface area contributed by atoms with Gasteiger partial charge in [0.2, 0.25) is 0 Å². The van der Waals surface area contributed by atoms with E-state index in [1.54, 1.807) is 45.0 Å². The summed E-state index contributed by atoms with van der Waals surface area (Å²) in [6, 6.07) is 10.7. The lowest BCUT2D eigenvalue weighted by Crippen LogP contribution is -2.54. The van der Waals surface area contributed by atoms with Gasteiger partial charge in [0.05, 0.1) is 5.54 Å². The van der Waals surface area contributed by atoms with Crippen molar-refractivity contribution >= 4 is 58.4 Å². The van der Waals surface area contributed by atoms with Crippen molar-refractivity contribution in [3.8, 4) is 0 Å². The maximum absolute atomic E-state index is 13.0. The highest BCUT2D eigenvalue weighted by Crippen LogP contribution is 2.26. The molecule has 0 N–H and O–H groups in total. The highest BCUT2D eigenvalue weighted by atomic mass is 35.5. The molecule has 0 aliphatic heterocycles. The van der Waals surface area contributed by atoms with Crippen molar-refractivity contribution in [1.29, 1.82) is 0 Å². The zero-order valence-corrected chi connectivity index (χ0v) is 17.3. The van der Waals surface area contributed by atoms with Gasteiger partial charge in [0.15, 0.2) is 0 Å². The molecule has 2 aromatic carbocycles. The van der Waals surface area contributed by atoms with Crippen LogP contribution in [0.4, 0.5) is 0 Å². The molecular formula is C18H16Cl4N2O2. The Morgan fingerprint density at radius 3 is 1.73 bits per heavy atom. The highest BCUT2D eigenvalue weighted by molar-refractivity contribution is 6.35. The van der Waals surface area contributed by atoms with Crippen LogP contribution >= 0.6 is 46.6 Å². The summed E-state index contributed by atoms with van der Waals surface area (Å²) in [5.74, 6) is -1.08. The molecule has 0 saturated carbocycles. The molecule has 0 aliphatic carbocycles. The molecule has 138 valence electrons. The molecule has 0 radical (unpaired) electrons. The second-order valence-electron chi connectivity index (χ2n) is 6.52. The normalized spacial score (nSPS) is 11.2. The number of rotatable bonds is 2. The first-order valence-corrected chi connectivity index (χ1v) is 9.04. The van der Waals surface area contributed by atoms with E-state index in [1.807, 2.05) is 0 Å². The van der Waals surface area contributed by atoms with Gasteiger partial charge in [-0.15, -0.1) is 0 Å². The first-order chi connectivity index (χ1) is 12.0. The van der Waals surface area contributed by atoms with Crippen LogP contribution in [-0.2, 0) is 0 Å². The van der Waals surface area contributed by atoms with Gasteiger partial charge in [-0.25, -0.2) is 5.01 Å². The Balaban J connectivity index is 2.41. The molecule has 0 spiro atoms. The number of halogens is 4. The monoisotopic (exact) mass is 432 g/mol. The Bertz CT molecular complexity index is 812. The van der Waals surface area contributed by atoms with Gasteiger partial charge < -0.3 is 0 Å². The van der Waals surface area contributed by atoms with Gasteiger partial charge in [-0.2, -0.15) is 4.53 Å². The third-order valence-electron chi connectivity index (χ3n) is 3.37. The van der Waals surface area contributed by atoms with Gasteiger partial charge in [-0.1, -0.05) is 34.8 Å². The molecule has 2 aromatic rings. The maximum Gasteiger partial charge on any atom is 0.287 e. The minimum Gasteiger partial charge on any atom is -0.267 e. The Labute approximate surface area is 172 Å². The Kier molecular flexibility index (Phi) is 6.46. The third kappa shape index (κ3) is 4.83. The van der Waals surface area contributed by atoms with E-state index in [0.29, 0.717) is 10.6 Å². The minimum atomic E-state index is -0.781. The lowest BCUT2D eigenvalue weighted by atomic mass is 10.1. The van der Waals surface area contributed by atoms with E-state index in [-0.39, 0.29) is 15.6 Å². The summed E-state index contributed by atoms with van der Waals surface area (Å²) in [6.45, 7) is 5.28. The molecule has 4 nitrogen and oxygen atoms in total. The number of amides is 2. The molecular weight excluding hydrogens is 418 g/mol. The van der Waals surface area contributed by atoms with E-state index < -0.39 is 17.4 Å². The van der Waals surface area contributed by atoms with E-state index in [4.69, 9.17) is 46.6 Å². The van der Waals surface area contributed by atoms with E-state index in [1.165, 1.54) is 18.2 Å². The fourth-order valence-corrected chi connectivity index (χ4v) is 3.28. The molecule has 0 atom stereocenters. The number of hydrogen-bond donors (Lipinski definition) is 0. The van der Waals surface area contributed by atoms with Crippen LogP contribution < -0.4 is 0 Å². The molecule has 0 saturated heterocycles. The number of carbonyl (C=O) groups is 2. The summed E-state index contributed by atoms with van der Waals surface area (Å²) >= 11 is 24.0. The fraction of sp³-hybridized carbons (Fsp3) is 0.222. The fourth-order valence-electron chi connectivity index (χ4n) is 2.24. The lowest BCUT2D eigenvalue weighted by Gasteiger charge is -2.39. The quantitative estimate of drug-likeness (QED) is 0.424. The smallest absolute Gasteiger partial charge is 0.267 e. The molecule has 0 fully saturated rings.